The Morgan fingerprint density at radius 1 is 1.29 bits per heavy atom. The van der Waals surface area contributed by atoms with Crippen molar-refractivity contribution in [3.63, 3.8) is 0 Å². The number of nitrogens with zero attached hydrogens (tertiary/aromatic N) is 1. The second-order valence-electron chi connectivity index (χ2n) is 4.23. The summed E-state index contributed by atoms with van der Waals surface area (Å²) in [5.74, 6) is 0. The van der Waals surface area contributed by atoms with Crippen LogP contribution in [0.5, 0.6) is 0 Å². The maximum Gasteiger partial charge on any atom is 0.0239 e. The minimum absolute atomic E-state index is 0.668. The number of hydrogen-bond donors (Lipinski definition) is 0. The fraction of sp³-hybridized carbons (Fsp3) is 0.500. The molecular weight excluding hydrogens is 285 g/mol. The molecule has 0 aromatic heterocycles. The zero-order valence-corrected chi connectivity index (χ0v) is 10.9. The maximum absolute atomic E-state index is 2.54. The monoisotopic (exact) mass is 301 g/mol. The molecule has 1 aromatic rings. The molecule has 1 aliphatic heterocycles. The van der Waals surface area contributed by atoms with Gasteiger partial charge in [-0.15, -0.1) is 0 Å². The lowest BCUT2D eigenvalue weighted by Gasteiger charge is -2.31. The summed E-state index contributed by atoms with van der Waals surface area (Å²) >= 11 is 2.39. The minimum Gasteiger partial charge on any atom is -0.296 e. The summed E-state index contributed by atoms with van der Waals surface area (Å²) < 4.78 is 1.35. The predicted octanol–water partition coefficient (Wildman–Crippen LogP) is 3.06. The van der Waals surface area contributed by atoms with Crippen LogP contribution >= 0.6 is 22.6 Å². The van der Waals surface area contributed by atoms with Gasteiger partial charge in [-0.3, -0.25) is 4.90 Å². The number of halogens is 1. The van der Waals surface area contributed by atoms with Gasteiger partial charge in [0.2, 0.25) is 0 Å². The maximum atomic E-state index is 2.54. The van der Waals surface area contributed by atoms with Gasteiger partial charge in [-0.05, 0) is 66.1 Å². The van der Waals surface area contributed by atoms with Crippen molar-refractivity contribution in [2.24, 2.45) is 0 Å². The van der Waals surface area contributed by atoms with Crippen molar-refractivity contribution >= 4 is 22.6 Å². The quantitative estimate of drug-likeness (QED) is 0.721. The molecule has 0 fully saturated rings. The fourth-order valence-electron chi connectivity index (χ4n) is 1.99. The van der Waals surface area contributed by atoms with Crippen molar-refractivity contribution in [1.82, 2.24) is 4.90 Å². The highest BCUT2D eigenvalue weighted by Gasteiger charge is 2.17. The second-order valence-corrected chi connectivity index (χ2v) is 5.47. The summed E-state index contributed by atoms with van der Waals surface area (Å²) in [6, 6.07) is 7.49. The fourth-order valence-corrected chi connectivity index (χ4v) is 2.54. The van der Waals surface area contributed by atoms with Gasteiger partial charge in [0.15, 0.2) is 0 Å². The first-order valence-electron chi connectivity index (χ1n) is 5.18. The van der Waals surface area contributed by atoms with Gasteiger partial charge in [-0.1, -0.05) is 6.07 Å². The van der Waals surface area contributed by atoms with Gasteiger partial charge in [0, 0.05) is 22.7 Å². The Kier molecular flexibility index (Phi) is 3.12. The van der Waals surface area contributed by atoms with Gasteiger partial charge in [-0.25, -0.2) is 0 Å². The van der Waals surface area contributed by atoms with Crippen LogP contribution in [-0.4, -0.2) is 17.5 Å². The van der Waals surface area contributed by atoms with Crippen molar-refractivity contribution in [3.8, 4) is 0 Å². The van der Waals surface area contributed by atoms with Crippen molar-refractivity contribution in [2.75, 3.05) is 6.54 Å². The third kappa shape index (κ3) is 2.11. The molecule has 0 amide bonds. The van der Waals surface area contributed by atoms with Gasteiger partial charge >= 0.3 is 0 Å². The SMILES string of the molecule is CC(C)N1CCc2ccc(I)cc2C1. The summed E-state index contributed by atoms with van der Waals surface area (Å²) in [6.07, 6.45) is 1.21. The van der Waals surface area contributed by atoms with E-state index in [1.165, 1.54) is 22.1 Å². The van der Waals surface area contributed by atoms with Gasteiger partial charge in [0.05, 0.1) is 0 Å². The molecule has 0 bridgehead atoms. The molecule has 0 atom stereocenters. The highest BCUT2D eigenvalue weighted by Crippen LogP contribution is 2.22. The van der Waals surface area contributed by atoms with E-state index in [0.717, 1.165) is 6.54 Å². The molecule has 2 heteroatoms. The second kappa shape index (κ2) is 4.19. The summed E-state index contributed by atoms with van der Waals surface area (Å²) in [4.78, 5) is 2.54. The van der Waals surface area contributed by atoms with Crippen molar-refractivity contribution in [3.05, 3.63) is 32.9 Å². The summed E-state index contributed by atoms with van der Waals surface area (Å²) in [5.41, 5.74) is 3.07. The molecule has 0 unspecified atom stereocenters. The Balaban J connectivity index is 2.24. The van der Waals surface area contributed by atoms with E-state index in [2.05, 4.69) is 59.5 Å². The summed E-state index contributed by atoms with van der Waals surface area (Å²) in [5, 5.41) is 0. The average molecular weight is 301 g/mol. The Hall–Kier alpha value is -0.0900. The zero-order valence-electron chi connectivity index (χ0n) is 8.76. The Labute approximate surface area is 99.6 Å². The normalized spacial score (nSPS) is 17.1. The molecule has 2 rings (SSSR count). The lowest BCUT2D eigenvalue weighted by molar-refractivity contribution is 0.203. The van der Waals surface area contributed by atoms with E-state index in [9.17, 15) is 0 Å². The van der Waals surface area contributed by atoms with Crippen molar-refractivity contribution < 1.29 is 0 Å². The summed E-state index contributed by atoms with van der Waals surface area (Å²) in [7, 11) is 0. The molecule has 1 nitrogen and oxygen atoms in total. The van der Waals surface area contributed by atoms with E-state index in [1.54, 1.807) is 5.56 Å². The minimum atomic E-state index is 0.668. The highest BCUT2D eigenvalue weighted by molar-refractivity contribution is 14.1. The standard InChI is InChI=1S/C12H16IN/c1-9(2)14-6-5-10-3-4-12(13)7-11(10)8-14/h3-4,7,9H,5-6,8H2,1-2H3. The van der Waals surface area contributed by atoms with E-state index in [1.807, 2.05) is 0 Å². The Morgan fingerprint density at radius 2 is 2.07 bits per heavy atom. The molecule has 0 spiro atoms. The molecule has 1 aromatic carbocycles. The van der Waals surface area contributed by atoms with Crippen LogP contribution in [-0.2, 0) is 13.0 Å². The largest absolute Gasteiger partial charge is 0.296 e. The van der Waals surface area contributed by atoms with Crippen LogP contribution in [0, 0.1) is 3.57 Å². The molecule has 0 saturated heterocycles. The molecule has 0 saturated carbocycles. The van der Waals surface area contributed by atoms with Crippen LogP contribution in [0.3, 0.4) is 0 Å². The van der Waals surface area contributed by atoms with E-state index in [-0.39, 0.29) is 0 Å². The molecule has 0 N–H and O–H groups in total. The van der Waals surface area contributed by atoms with Crippen molar-refractivity contribution in [2.45, 2.75) is 32.9 Å². The number of benzene rings is 1. The first-order chi connectivity index (χ1) is 6.66. The van der Waals surface area contributed by atoms with Gasteiger partial charge in [-0.2, -0.15) is 0 Å². The average Bonchev–Trinajstić information content (AvgIpc) is 2.16. The van der Waals surface area contributed by atoms with Gasteiger partial charge < -0.3 is 0 Å². The molecule has 0 aliphatic carbocycles. The third-order valence-electron chi connectivity index (χ3n) is 2.94. The number of hydrogen-bond acceptors (Lipinski definition) is 1. The Bertz CT molecular complexity index is 333. The van der Waals surface area contributed by atoms with E-state index < -0.39 is 0 Å². The first-order valence-corrected chi connectivity index (χ1v) is 6.26. The first kappa shape index (κ1) is 10.4. The molecule has 1 heterocycles. The van der Waals surface area contributed by atoms with Crippen LogP contribution in [0.15, 0.2) is 18.2 Å². The number of rotatable bonds is 1. The molecule has 76 valence electrons. The van der Waals surface area contributed by atoms with Crippen LogP contribution in [0.25, 0.3) is 0 Å². The number of fused-ring (bicyclic) bond motifs is 1. The molecular formula is C12H16IN. The highest BCUT2D eigenvalue weighted by atomic mass is 127. The van der Waals surface area contributed by atoms with E-state index >= 15 is 0 Å². The molecule has 0 radical (unpaired) electrons. The summed E-state index contributed by atoms with van der Waals surface area (Å²) in [6.45, 7) is 6.90. The van der Waals surface area contributed by atoms with Crippen LogP contribution < -0.4 is 0 Å². The van der Waals surface area contributed by atoms with E-state index in [4.69, 9.17) is 0 Å². The van der Waals surface area contributed by atoms with Crippen LogP contribution in [0.1, 0.15) is 25.0 Å². The Morgan fingerprint density at radius 3 is 2.79 bits per heavy atom. The molecule has 1 aliphatic rings. The van der Waals surface area contributed by atoms with Gasteiger partial charge in [0.25, 0.3) is 0 Å². The van der Waals surface area contributed by atoms with Crippen molar-refractivity contribution in [1.29, 1.82) is 0 Å². The predicted molar refractivity (Wildman–Crippen MR) is 68.4 cm³/mol. The van der Waals surface area contributed by atoms with Gasteiger partial charge in [0.1, 0.15) is 0 Å². The third-order valence-corrected chi connectivity index (χ3v) is 3.61. The van der Waals surface area contributed by atoms with E-state index in [0.29, 0.717) is 6.04 Å². The lowest BCUT2D eigenvalue weighted by atomic mass is 9.99. The smallest absolute Gasteiger partial charge is 0.0239 e. The molecule has 14 heavy (non-hydrogen) atoms. The van der Waals surface area contributed by atoms with Crippen LogP contribution in [0.2, 0.25) is 0 Å². The van der Waals surface area contributed by atoms with Crippen LogP contribution in [0.4, 0.5) is 0 Å². The topological polar surface area (TPSA) is 3.24 Å². The lowest BCUT2D eigenvalue weighted by Crippen LogP contribution is -2.35. The zero-order chi connectivity index (χ0) is 10.1.